The van der Waals surface area contributed by atoms with Crippen molar-refractivity contribution in [1.29, 1.82) is 0 Å². The third kappa shape index (κ3) is 3.14. The number of β-amino-alcohol motifs (C(OH)–C–C–N with tert-alkyl or cyclic N) is 1. The first-order chi connectivity index (χ1) is 10.5. The Bertz CT molecular complexity index is 546. The molecule has 2 saturated heterocycles. The lowest BCUT2D eigenvalue weighted by atomic mass is 10.1. The number of hydrogen-bond donors (Lipinski definition) is 1. The second kappa shape index (κ2) is 6.32. The summed E-state index contributed by atoms with van der Waals surface area (Å²) in [5.74, 6) is -0.628. The van der Waals surface area contributed by atoms with Crippen molar-refractivity contribution >= 4 is 5.91 Å². The van der Waals surface area contributed by atoms with Gasteiger partial charge in [0, 0.05) is 44.8 Å². The number of halogens is 1. The Hall–Kier alpha value is -1.50. The summed E-state index contributed by atoms with van der Waals surface area (Å²) in [7, 11) is 2.09. The first-order valence-electron chi connectivity index (χ1n) is 7.70. The number of hydrogen-bond acceptors (Lipinski definition) is 4. The fraction of sp³-hybridized carbons (Fsp3) is 0.562. The summed E-state index contributed by atoms with van der Waals surface area (Å²) >= 11 is 0. The second-order valence-electron chi connectivity index (χ2n) is 6.19. The number of piperazine rings is 1. The molecule has 2 aliphatic heterocycles. The van der Waals surface area contributed by atoms with Crippen molar-refractivity contribution in [2.24, 2.45) is 0 Å². The summed E-state index contributed by atoms with van der Waals surface area (Å²) < 4.78 is 13.3. The van der Waals surface area contributed by atoms with Crippen molar-refractivity contribution in [2.75, 3.05) is 46.3 Å². The number of likely N-dealkylation sites (N-methyl/N-ethyl adjacent to an activating group) is 1. The first kappa shape index (κ1) is 15.4. The molecule has 3 rings (SSSR count). The highest BCUT2D eigenvalue weighted by molar-refractivity contribution is 5.94. The summed E-state index contributed by atoms with van der Waals surface area (Å²) in [4.78, 5) is 18.6. The standard InChI is InChI=1S/C16H22FN3O2/c1-18-5-7-19(8-6-18)14-10-20(11-15(14)21)16(22)12-3-2-4-13(17)9-12/h2-4,9,14-15,21H,5-8,10-11H2,1H3/t14-,15-/m1/s1. The van der Waals surface area contributed by atoms with Crippen LogP contribution in [0.4, 0.5) is 4.39 Å². The molecular weight excluding hydrogens is 285 g/mol. The van der Waals surface area contributed by atoms with Crippen molar-refractivity contribution < 1.29 is 14.3 Å². The summed E-state index contributed by atoms with van der Waals surface area (Å²) in [6, 6.07) is 5.69. The Kier molecular flexibility index (Phi) is 4.42. The fourth-order valence-corrected chi connectivity index (χ4v) is 3.25. The van der Waals surface area contributed by atoms with Crippen molar-refractivity contribution in [1.82, 2.24) is 14.7 Å². The molecule has 0 saturated carbocycles. The number of nitrogens with zero attached hydrogens (tertiary/aromatic N) is 3. The molecule has 0 bridgehead atoms. The summed E-state index contributed by atoms with van der Waals surface area (Å²) in [6.45, 7) is 4.56. The van der Waals surface area contributed by atoms with Crippen molar-refractivity contribution in [3.8, 4) is 0 Å². The lowest BCUT2D eigenvalue weighted by Gasteiger charge is -2.37. The number of amides is 1. The van der Waals surface area contributed by atoms with Crippen LogP contribution in [0.1, 0.15) is 10.4 Å². The largest absolute Gasteiger partial charge is 0.390 e. The molecular formula is C16H22FN3O2. The van der Waals surface area contributed by atoms with Crippen LogP contribution in [-0.2, 0) is 0 Å². The minimum atomic E-state index is -0.541. The van der Waals surface area contributed by atoms with Crippen LogP contribution in [0.15, 0.2) is 24.3 Å². The van der Waals surface area contributed by atoms with Crippen LogP contribution < -0.4 is 0 Å². The van der Waals surface area contributed by atoms with E-state index in [0.717, 1.165) is 26.2 Å². The van der Waals surface area contributed by atoms with Crippen LogP contribution in [-0.4, -0.2) is 84.2 Å². The molecule has 1 aromatic carbocycles. The molecule has 0 radical (unpaired) electrons. The summed E-state index contributed by atoms with van der Waals surface area (Å²) in [6.07, 6.45) is -0.541. The predicted molar refractivity (Wildman–Crippen MR) is 81.2 cm³/mol. The molecule has 5 nitrogen and oxygen atoms in total. The molecule has 0 aromatic heterocycles. The van der Waals surface area contributed by atoms with Gasteiger partial charge in [-0.3, -0.25) is 9.69 Å². The van der Waals surface area contributed by atoms with E-state index in [0.29, 0.717) is 18.7 Å². The zero-order valence-corrected chi connectivity index (χ0v) is 12.8. The average molecular weight is 307 g/mol. The molecule has 22 heavy (non-hydrogen) atoms. The molecule has 2 heterocycles. The Morgan fingerprint density at radius 2 is 1.95 bits per heavy atom. The van der Waals surface area contributed by atoms with Crippen molar-refractivity contribution in [3.05, 3.63) is 35.6 Å². The lowest BCUT2D eigenvalue weighted by Crippen LogP contribution is -2.52. The maximum absolute atomic E-state index is 13.3. The van der Waals surface area contributed by atoms with Gasteiger partial charge in [-0.2, -0.15) is 0 Å². The van der Waals surface area contributed by atoms with Gasteiger partial charge < -0.3 is 14.9 Å². The number of aliphatic hydroxyl groups is 1. The molecule has 1 aromatic rings. The molecule has 6 heteroatoms. The highest BCUT2D eigenvalue weighted by Gasteiger charge is 2.38. The van der Waals surface area contributed by atoms with Gasteiger partial charge in [0.15, 0.2) is 0 Å². The van der Waals surface area contributed by atoms with Crippen LogP contribution in [0.25, 0.3) is 0 Å². The normalized spacial score (nSPS) is 27.3. The van der Waals surface area contributed by atoms with Gasteiger partial charge in [-0.1, -0.05) is 6.07 Å². The van der Waals surface area contributed by atoms with E-state index in [1.165, 1.54) is 18.2 Å². The summed E-state index contributed by atoms with van der Waals surface area (Å²) in [5.41, 5.74) is 0.339. The van der Waals surface area contributed by atoms with Crippen molar-refractivity contribution in [3.63, 3.8) is 0 Å². The van der Waals surface area contributed by atoms with Crippen molar-refractivity contribution in [2.45, 2.75) is 12.1 Å². The Morgan fingerprint density at radius 1 is 1.23 bits per heavy atom. The molecule has 0 spiro atoms. The van der Waals surface area contributed by atoms with E-state index in [-0.39, 0.29) is 11.9 Å². The van der Waals surface area contributed by atoms with E-state index in [9.17, 15) is 14.3 Å². The maximum atomic E-state index is 13.3. The number of rotatable bonds is 2. The Balaban J connectivity index is 1.66. The van der Waals surface area contributed by atoms with Gasteiger partial charge in [0.2, 0.25) is 0 Å². The lowest BCUT2D eigenvalue weighted by molar-refractivity contribution is 0.0512. The third-order valence-corrected chi connectivity index (χ3v) is 4.62. The zero-order valence-electron chi connectivity index (χ0n) is 12.8. The van der Waals surface area contributed by atoms with E-state index in [1.54, 1.807) is 11.0 Å². The molecule has 1 N–H and O–H groups in total. The Labute approximate surface area is 129 Å². The van der Waals surface area contributed by atoms with Gasteiger partial charge in [0.05, 0.1) is 12.1 Å². The van der Waals surface area contributed by atoms with Crippen LogP contribution in [0, 0.1) is 5.82 Å². The molecule has 0 unspecified atom stereocenters. The molecule has 2 aliphatic rings. The monoisotopic (exact) mass is 307 g/mol. The minimum absolute atomic E-state index is 0.0220. The highest BCUT2D eigenvalue weighted by Crippen LogP contribution is 2.20. The van der Waals surface area contributed by atoms with Crippen LogP contribution in [0.5, 0.6) is 0 Å². The number of carbonyl (C=O) groups excluding carboxylic acids is 1. The molecule has 120 valence electrons. The van der Waals surface area contributed by atoms with Gasteiger partial charge in [-0.25, -0.2) is 4.39 Å². The maximum Gasteiger partial charge on any atom is 0.254 e. The van der Waals surface area contributed by atoms with Crippen LogP contribution in [0.3, 0.4) is 0 Å². The number of likely N-dealkylation sites (tertiary alicyclic amines) is 1. The third-order valence-electron chi connectivity index (χ3n) is 4.62. The predicted octanol–water partition coefficient (Wildman–Crippen LogP) is 0.258. The Morgan fingerprint density at radius 3 is 2.64 bits per heavy atom. The van der Waals surface area contributed by atoms with E-state index in [1.807, 2.05) is 0 Å². The number of carbonyl (C=O) groups is 1. The van der Waals surface area contributed by atoms with E-state index < -0.39 is 11.9 Å². The first-order valence-corrected chi connectivity index (χ1v) is 7.70. The van der Waals surface area contributed by atoms with Gasteiger partial charge >= 0.3 is 0 Å². The van der Waals surface area contributed by atoms with Gasteiger partial charge in [-0.05, 0) is 25.2 Å². The second-order valence-corrected chi connectivity index (χ2v) is 6.19. The van der Waals surface area contributed by atoms with Gasteiger partial charge in [0.25, 0.3) is 5.91 Å². The average Bonchev–Trinajstić information content (AvgIpc) is 2.89. The number of benzene rings is 1. The van der Waals surface area contributed by atoms with Gasteiger partial charge in [0.1, 0.15) is 5.82 Å². The fourth-order valence-electron chi connectivity index (χ4n) is 3.25. The van der Waals surface area contributed by atoms with E-state index in [2.05, 4.69) is 16.8 Å². The minimum Gasteiger partial charge on any atom is -0.390 e. The van der Waals surface area contributed by atoms with Crippen LogP contribution >= 0.6 is 0 Å². The van der Waals surface area contributed by atoms with Gasteiger partial charge in [-0.15, -0.1) is 0 Å². The molecule has 0 aliphatic carbocycles. The van der Waals surface area contributed by atoms with E-state index in [4.69, 9.17) is 0 Å². The molecule has 2 fully saturated rings. The SMILES string of the molecule is CN1CCN([C@@H]2CN(C(=O)c3cccc(F)c3)C[C@H]2O)CC1. The van der Waals surface area contributed by atoms with E-state index >= 15 is 0 Å². The molecule has 2 atom stereocenters. The zero-order chi connectivity index (χ0) is 15.7. The number of aliphatic hydroxyl groups excluding tert-OH is 1. The quantitative estimate of drug-likeness (QED) is 0.851. The topological polar surface area (TPSA) is 47.0 Å². The van der Waals surface area contributed by atoms with Crippen LogP contribution in [0.2, 0.25) is 0 Å². The smallest absolute Gasteiger partial charge is 0.254 e. The summed E-state index contributed by atoms with van der Waals surface area (Å²) in [5, 5.41) is 10.3. The highest BCUT2D eigenvalue weighted by atomic mass is 19.1. The molecule has 1 amide bonds.